The van der Waals surface area contributed by atoms with E-state index in [1.54, 1.807) is 11.8 Å². The molecule has 0 saturated carbocycles. The molecule has 2 aliphatic rings. The lowest BCUT2D eigenvalue weighted by Crippen LogP contribution is -2.47. The Morgan fingerprint density at radius 3 is 2.42 bits per heavy atom. The molecule has 2 saturated heterocycles. The Balaban J connectivity index is 1.51. The molecular weight excluding hydrogens is 330 g/mol. The minimum absolute atomic E-state index is 0.146. The zero-order valence-corrected chi connectivity index (χ0v) is 15.5. The van der Waals surface area contributed by atoms with E-state index in [2.05, 4.69) is 29.6 Å². The first kappa shape index (κ1) is 18.4. The topological polar surface area (TPSA) is 69.7 Å². The van der Waals surface area contributed by atoms with E-state index < -0.39 is 11.6 Å². The van der Waals surface area contributed by atoms with E-state index in [4.69, 9.17) is 0 Å². The fourth-order valence-corrected chi connectivity index (χ4v) is 3.70. The molecule has 1 aromatic rings. The summed E-state index contributed by atoms with van der Waals surface area (Å²) in [5.74, 6) is 0.117. The lowest BCUT2D eigenvalue weighted by Gasteiger charge is -2.33. The van der Waals surface area contributed by atoms with Gasteiger partial charge in [0.15, 0.2) is 0 Å². The molecule has 0 spiro atoms. The average molecular weight is 357 g/mol. The second kappa shape index (κ2) is 7.48. The van der Waals surface area contributed by atoms with Crippen molar-refractivity contribution in [3.05, 3.63) is 35.9 Å². The summed E-state index contributed by atoms with van der Waals surface area (Å²) in [6.07, 6.45) is 3.44. The van der Waals surface area contributed by atoms with Crippen LogP contribution in [0.15, 0.2) is 30.3 Å². The average Bonchev–Trinajstić information content (AvgIpc) is 2.87. The highest BCUT2D eigenvalue weighted by Crippen LogP contribution is 2.23. The quantitative estimate of drug-likeness (QED) is 0.821. The van der Waals surface area contributed by atoms with Gasteiger partial charge in [-0.25, -0.2) is 4.79 Å². The molecule has 2 fully saturated rings. The summed E-state index contributed by atoms with van der Waals surface area (Å²) in [7, 11) is 0. The summed E-state index contributed by atoms with van der Waals surface area (Å²) in [5.41, 5.74) is 0.440. The summed E-state index contributed by atoms with van der Waals surface area (Å²) in [6, 6.07) is 9.93. The molecule has 4 amide bonds. The molecule has 2 heterocycles. The third kappa shape index (κ3) is 3.74. The Morgan fingerprint density at radius 2 is 1.85 bits per heavy atom. The lowest BCUT2D eigenvalue weighted by molar-refractivity contribution is -0.139. The van der Waals surface area contributed by atoms with Crippen LogP contribution in [0.5, 0.6) is 0 Å². The predicted molar refractivity (Wildman–Crippen MR) is 98.4 cm³/mol. The lowest BCUT2D eigenvalue weighted by atomic mass is 9.90. The minimum Gasteiger partial charge on any atom is -0.341 e. The Labute approximate surface area is 154 Å². The minimum atomic E-state index is -0.889. The van der Waals surface area contributed by atoms with E-state index in [1.165, 1.54) is 5.56 Å². The van der Waals surface area contributed by atoms with Crippen LogP contribution in [0.4, 0.5) is 4.79 Å². The van der Waals surface area contributed by atoms with Crippen LogP contribution in [0.2, 0.25) is 0 Å². The van der Waals surface area contributed by atoms with Crippen molar-refractivity contribution < 1.29 is 14.4 Å². The number of imide groups is 1. The second-order valence-corrected chi connectivity index (χ2v) is 7.52. The van der Waals surface area contributed by atoms with Gasteiger partial charge < -0.3 is 10.2 Å². The SMILES string of the molecule is CC[C@@]1(C)NC(=O)N(CC(=O)N2CCC(Cc3ccccc3)CC2)C1=O. The molecule has 6 heteroatoms. The molecule has 0 unspecified atom stereocenters. The number of urea groups is 1. The smallest absolute Gasteiger partial charge is 0.325 e. The van der Waals surface area contributed by atoms with E-state index >= 15 is 0 Å². The maximum atomic E-state index is 12.6. The number of hydrogen-bond acceptors (Lipinski definition) is 3. The number of nitrogens with zero attached hydrogens (tertiary/aromatic N) is 2. The summed E-state index contributed by atoms with van der Waals surface area (Å²) >= 11 is 0. The fourth-order valence-electron chi connectivity index (χ4n) is 3.70. The molecule has 1 N–H and O–H groups in total. The maximum Gasteiger partial charge on any atom is 0.325 e. The fraction of sp³-hybridized carbons (Fsp3) is 0.550. The highest BCUT2D eigenvalue weighted by molar-refractivity contribution is 6.08. The van der Waals surface area contributed by atoms with Crippen molar-refractivity contribution in [1.29, 1.82) is 0 Å². The van der Waals surface area contributed by atoms with Crippen LogP contribution in [0.1, 0.15) is 38.7 Å². The van der Waals surface area contributed by atoms with Gasteiger partial charge in [0.1, 0.15) is 12.1 Å². The van der Waals surface area contributed by atoms with Crippen LogP contribution in [0.3, 0.4) is 0 Å². The summed E-state index contributed by atoms with van der Waals surface area (Å²) in [4.78, 5) is 39.9. The number of piperidine rings is 1. The zero-order chi connectivity index (χ0) is 18.7. The number of carbonyl (C=O) groups is 3. The first-order valence-corrected chi connectivity index (χ1v) is 9.39. The second-order valence-electron chi connectivity index (χ2n) is 7.52. The molecule has 6 nitrogen and oxygen atoms in total. The Morgan fingerprint density at radius 1 is 1.19 bits per heavy atom. The molecule has 0 bridgehead atoms. The number of carbonyl (C=O) groups excluding carboxylic acids is 3. The normalized spacial score (nSPS) is 24.1. The van der Waals surface area contributed by atoms with Crippen LogP contribution < -0.4 is 5.32 Å². The van der Waals surface area contributed by atoms with Crippen molar-refractivity contribution in [2.24, 2.45) is 5.92 Å². The molecule has 1 atom stereocenters. The van der Waals surface area contributed by atoms with Gasteiger partial charge in [-0.3, -0.25) is 14.5 Å². The van der Waals surface area contributed by atoms with Crippen LogP contribution in [-0.4, -0.2) is 52.8 Å². The molecular formula is C20H27N3O3. The number of nitrogens with one attached hydrogen (secondary N) is 1. The Bertz CT molecular complexity index is 683. The van der Waals surface area contributed by atoms with Gasteiger partial charge in [0.25, 0.3) is 5.91 Å². The van der Waals surface area contributed by atoms with Gasteiger partial charge in [-0.2, -0.15) is 0 Å². The molecule has 2 aliphatic heterocycles. The summed E-state index contributed by atoms with van der Waals surface area (Å²) in [5, 5.41) is 2.69. The van der Waals surface area contributed by atoms with E-state index in [0.717, 1.165) is 24.2 Å². The molecule has 26 heavy (non-hydrogen) atoms. The van der Waals surface area contributed by atoms with Gasteiger partial charge in [0, 0.05) is 13.1 Å². The molecule has 1 aromatic carbocycles. The highest BCUT2D eigenvalue weighted by atomic mass is 16.2. The number of benzene rings is 1. The van der Waals surface area contributed by atoms with Gasteiger partial charge in [-0.1, -0.05) is 37.3 Å². The van der Waals surface area contributed by atoms with Gasteiger partial charge in [-0.05, 0) is 44.1 Å². The molecule has 3 rings (SSSR count). The third-order valence-electron chi connectivity index (χ3n) is 5.68. The molecule has 0 aromatic heterocycles. The van der Waals surface area contributed by atoms with Crippen LogP contribution in [0, 0.1) is 5.92 Å². The van der Waals surface area contributed by atoms with Crippen LogP contribution in [0.25, 0.3) is 0 Å². The van der Waals surface area contributed by atoms with Gasteiger partial charge >= 0.3 is 6.03 Å². The van der Waals surface area contributed by atoms with E-state index in [-0.39, 0.29) is 18.4 Å². The largest absolute Gasteiger partial charge is 0.341 e. The van der Waals surface area contributed by atoms with E-state index in [1.807, 2.05) is 13.0 Å². The maximum absolute atomic E-state index is 12.6. The van der Waals surface area contributed by atoms with Crippen molar-refractivity contribution in [3.8, 4) is 0 Å². The van der Waals surface area contributed by atoms with Crippen molar-refractivity contribution in [2.45, 2.75) is 45.1 Å². The van der Waals surface area contributed by atoms with Gasteiger partial charge in [0.2, 0.25) is 5.91 Å². The van der Waals surface area contributed by atoms with Crippen molar-refractivity contribution in [1.82, 2.24) is 15.1 Å². The summed E-state index contributed by atoms with van der Waals surface area (Å²) in [6.45, 7) is 4.76. The van der Waals surface area contributed by atoms with Gasteiger partial charge in [-0.15, -0.1) is 0 Å². The third-order valence-corrected chi connectivity index (χ3v) is 5.68. The Kier molecular flexibility index (Phi) is 5.30. The van der Waals surface area contributed by atoms with Crippen LogP contribution in [-0.2, 0) is 16.0 Å². The highest BCUT2D eigenvalue weighted by Gasteiger charge is 2.47. The monoisotopic (exact) mass is 357 g/mol. The van der Waals surface area contributed by atoms with Gasteiger partial charge in [0.05, 0.1) is 0 Å². The molecule has 140 valence electrons. The number of amides is 4. The van der Waals surface area contributed by atoms with Crippen molar-refractivity contribution in [3.63, 3.8) is 0 Å². The number of rotatable bonds is 5. The predicted octanol–water partition coefficient (Wildman–Crippen LogP) is 2.19. The first-order chi connectivity index (χ1) is 12.4. The molecule has 0 radical (unpaired) electrons. The standard InChI is InChI=1S/C20H27N3O3/c1-3-20(2)18(25)23(19(26)21-20)14-17(24)22-11-9-16(10-12-22)13-15-7-5-4-6-8-15/h4-8,16H,3,9-14H2,1-2H3,(H,21,26)/t20-/m1/s1. The van der Waals surface area contributed by atoms with E-state index in [0.29, 0.717) is 25.4 Å². The molecule has 0 aliphatic carbocycles. The zero-order valence-electron chi connectivity index (χ0n) is 15.5. The van der Waals surface area contributed by atoms with Crippen molar-refractivity contribution in [2.75, 3.05) is 19.6 Å². The first-order valence-electron chi connectivity index (χ1n) is 9.39. The van der Waals surface area contributed by atoms with Crippen molar-refractivity contribution >= 4 is 17.8 Å². The Hall–Kier alpha value is -2.37. The number of hydrogen-bond donors (Lipinski definition) is 1. The summed E-state index contributed by atoms with van der Waals surface area (Å²) < 4.78 is 0. The van der Waals surface area contributed by atoms with Crippen LogP contribution >= 0.6 is 0 Å². The van der Waals surface area contributed by atoms with E-state index in [9.17, 15) is 14.4 Å². The number of likely N-dealkylation sites (tertiary alicyclic amines) is 1.